The fourth-order valence-electron chi connectivity index (χ4n) is 1.18. The summed E-state index contributed by atoms with van der Waals surface area (Å²) in [5, 5.41) is 13.8. The second-order valence-electron chi connectivity index (χ2n) is 3.83. The van der Waals surface area contributed by atoms with Gasteiger partial charge in [-0.3, -0.25) is 4.79 Å². The Morgan fingerprint density at radius 3 is 2.72 bits per heavy atom. The van der Waals surface area contributed by atoms with Crippen LogP contribution in [0.3, 0.4) is 0 Å². The van der Waals surface area contributed by atoms with E-state index in [4.69, 9.17) is 16.7 Å². The molecule has 0 radical (unpaired) electrons. The van der Waals surface area contributed by atoms with Gasteiger partial charge < -0.3 is 15.7 Å². The summed E-state index contributed by atoms with van der Waals surface area (Å²) in [6.45, 7) is 2.15. The number of thiophene rings is 1. The third-order valence-electron chi connectivity index (χ3n) is 2.28. The van der Waals surface area contributed by atoms with E-state index in [1.54, 1.807) is 0 Å². The molecule has 0 fully saturated rings. The number of hydrogen-bond donors (Lipinski definition) is 3. The summed E-state index contributed by atoms with van der Waals surface area (Å²) >= 11 is 7.26. The molecule has 1 rings (SSSR count). The van der Waals surface area contributed by atoms with Crippen LogP contribution in [0.25, 0.3) is 0 Å². The summed E-state index contributed by atoms with van der Waals surface area (Å²) in [5.41, 5.74) is 0. The third kappa shape index (κ3) is 5.37. The number of carboxylic acids is 1. The second kappa shape index (κ2) is 7.23. The normalized spacial score (nSPS) is 11.9. The smallest absolute Gasteiger partial charge is 0.314 e. The van der Waals surface area contributed by atoms with E-state index in [9.17, 15) is 9.59 Å². The van der Waals surface area contributed by atoms with Crippen LogP contribution in [-0.4, -0.2) is 30.2 Å². The zero-order valence-electron chi connectivity index (χ0n) is 9.90. The lowest BCUT2D eigenvalue weighted by Crippen LogP contribution is -2.39. The molecule has 100 valence electrons. The van der Waals surface area contributed by atoms with E-state index in [0.29, 0.717) is 13.0 Å². The lowest BCUT2D eigenvalue weighted by atomic mass is 10.2. The van der Waals surface area contributed by atoms with Crippen molar-refractivity contribution >= 4 is 34.9 Å². The van der Waals surface area contributed by atoms with E-state index in [1.165, 1.54) is 18.3 Å². The maximum Gasteiger partial charge on any atom is 0.314 e. The zero-order valence-corrected chi connectivity index (χ0v) is 11.5. The molecule has 0 aliphatic rings. The van der Waals surface area contributed by atoms with Crippen LogP contribution in [0.2, 0.25) is 4.34 Å². The molecular weight excluding hydrogens is 276 g/mol. The van der Waals surface area contributed by atoms with Gasteiger partial charge in [-0.05, 0) is 18.6 Å². The summed E-state index contributed by atoms with van der Waals surface area (Å²) in [6, 6.07) is 3.38. The number of nitrogens with one attached hydrogen (secondary N) is 2. The highest BCUT2D eigenvalue weighted by Gasteiger charge is 2.11. The standard InChI is InChI=1S/C11H15ClN2O3S/c1-7(10(15)16)6-14-11(17)13-5-4-8-2-3-9(12)18-8/h2-3,7H,4-6H2,1H3,(H,15,16)(H2,13,14,17). The minimum absolute atomic E-state index is 0.117. The van der Waals surface area contributed by atoms with Crippen LogP contribution in [-0.2, 0) is 11.2 Å². The summed E-state index contributed by atoms with van der Waals surface area (Å²) < 4.78 is 0.727. The van der Waals surface area contributed by atoms with E-state index >= 15 is 0 Å². The van der Waals surface area contributed by atoms with E-state index in [0.717, 1.165) is 9.21 Å². The Balaban J connectivity index is 2.15. The zero-order chi connectivity index (χ0) is 13.5. The fourth-order valence-corrected chi connectivity index (χ4v) is 2.27. The number of amides is 2. The van der Waals surface area contributed by atoms with Gasteiger partial charge in [0.05, 0.1) is 10.3 Å². The Morgan fingerprint density at radius 2 is 2.17 bits per heavy atom. The number of carbonyl (C=O) groups is 2. The highest BCUT2D eigenvalue weighted by Crippen LogP contribution is 2.21. The van der Waals surface area contributed by atoms with Crippen LogP contribution in [0, 0.1) is 5.92 Å². The molecule has 1 aromatic rings. The molecule has 0 saturated carbocycles. The SMILES string of the molecule is CC(CNC(=O)NCCc1ccc(Cl)s1)C(=O)O. The summed E-state index contributed by atoms with van der Waals surface area (Å²) in [5.74, 6) is -1.52. The van der Waals surface area contributed by atoms with Gasteiger partial charge in [0.15, 0.2) is 0 Å². The number of hydrogen-bond acceptors (Lipinski definition) is 3. The van der Waals surface area contributed by atoms with Gasteiger partial charge in [0.2, 0.25) is 0 Å². The van der Waals surface area contributed by atoms with E-state index in [-0.39, 0.29) is 12.6 Å². The molecule has 1 atom stereocenters. The highest BCUT2D eigenvalue weighted by molar-refractivity contribution is 7.16. The summed E-state index contributed by atoms with van der Waals surface area (Å²) in [7, 11) is 0. The first kappa shape index (κ1) is 14.8. The number of aliphatic carboxylic acids is 1. The molecule has 1 unspecified atom stereocenters. The first-order valence-electron chi connectivity index (χ1n) is 5.47. The van der Waals surface area contributed by atoms with Crippen LogP contribution in [0.4, 0.5) is 4.79 Å². The van der Waals surface area contributed by atoms with Crippen molar-refractivity contribution in [1.29, 1.82) is 0 Å². The van der Waals surface area contributed by atoms with Crippen LogP contribution < -0.4 is 10.6 Å². The van der Waals surface area contributed by atoms with Crippen molar-refractivity contribution in [2.24, 2.45) is 5.92 Å². The highest BCUT2D eigenvalue weighted by atomic mass is 35.5. The molecule has 7 heteroatoms. The lowest BCUT2D eigenvalue weighted by Gasteiger charge is -2.09. The molecule has 0 aliphatic heterocycles. The fraction of sp³-hybridized carbons (Fsp3) is 0.455. The number of carbonyl (C=O) groups excluding carboxylic acids is 1. The van der Waals surface area contributed by atoms with Gasteiger partial charge in [0.1, 0.15) is 0 Å². The first-order chi connectivity index (χ1) is 8.49. The van der Waals surface area contributed by atoms with E-state index in [1.807, 2.05) is 12.1 Å². The minimum atomic E-state index is -0.927. The van der Waals surface area contributed by atoms with Gasteiger partial charge in [0, 0.05) is 18.0 Å². The Labute approximate surface area is 114 Å². The Morgan fingerprint density at radius 1 is 1.44 bits per heavy atom. The Bertz CT molecular complexity index is 422. The largest absolute Gasteiger partial charge is 0.481 e. The van der Waals surface area contributed by atoms with Gasteiger partial charge in [-0.25, -0.2) is 4.79 Å². The van der Waals surface area contributed by atoms with Gasteiger partial charge in [-0.2, -0.15) is 0 Å². The van der Waals surface area contributed by atoms with Crippen LogP contribution in [0.15, 0.2) is 12.1 Å². The van der Waals surface area contributed by atoms with Crippen LogP contribution in [0.1, 0.15) is 11.8 Å². The van der Waals surface area contributed by atoms with Gasteiger partial charge in [0.25, 0.3) is 0 Å². The summed E-state index contributed by atoms with van der Waals surface area (Å²) in [4.78, 5) is 23.0. The molecule has 1 heterocycles. The molecule has 0 saturated heterocycles. The number of urea groups is 1. The van der Waals surface area contributed by atoms with Crippen molar-refractivity contribution in [3.63, 3.8) is 0 Å². The van der Waals surface area contributed by atoms with Crippen molar-refractivity contribution in [3.8, 4) is 0 Å². The molecule has 0 bridgehead atoms. The predicted molar refractivity (Wildman–Crippen MR) is 71.2 cm³/mol. The van der Waals surface area contributed by atoms with Crippen molar-refractivity contribution < 1.29 is 14.7 Å². The quantitative estimate of drug-likeness (QED) is 0.749. The van der Waals surface area contributed by atoms with E-state index in [2.05, 4.69) is 10.6 Å². The first-order valence-corrected chi connectivity index (χ1v) is 6.67. The topological polar surface area (TPSA) is 78.4 Å². The second-order valence-corrected chi connectivity index (χ2v) is 5.63. The molecule has 3 N–H and O–H groups in total. The molecule has 18 heavy (non-hydrogen) atoms. The molecular formula is C11H15ClN2O3S. The monoisotopic (exact) mass is 290 g/mol. The van der Waals surface area contributed by atoms with Crippen molar-refractivity contribution in [2.75, 3.05) is 13.1 Å². The van der Waals surface area contributed by atoms with Crippen LogP contribution >= 0.6 is 22.9 Å². The average Bonchev–Trinajstić information content (AvgIpc) is 2.71. The Kier molecular flexibility index (Phi) is 5.94. The molecule has 0 aliphatic carbocycles. The number of rotatable bonds is 6. The Hall–Kier alpha value is -1.27. The van der Waals surface area contributed by atoms with Crippen molar-refractivity contribution in [3.05, 3.63) is 21.3 Å². The maximum absolute atomic E-state index is 11.3. The molecule has 1 aromatic heterocycles. The van der Waals surface area contributed by atoms with Gasteiger partial charge in [-0.15, -0.1) is 11.3 Å². The minimum Gasteiger partial charge on any atom is -0.481 e. The van der Waals surface area contributed by atoms with Gasteiger partial charge in [-0.1, -0.05) is 18.5 Å². The molecule has 5 nitrogen and oxygen atoms in total. The van der Waals surface area contributed by atoms with Gasteiger partial charge >= 0.3 is 12.0 Å². The maximum atomic E-state index is 11.3. The van der Waals surface area contributed by atoms with Crippen LogP contribution in [0.5, 0.6) is 0 Å². The lowest BCUT2D eigenvalue weighted by molar-refractivity contribution is -0.140. The van der Waals surface area contributed by atoms with Crippen molar-refractivity contribution in [1.82, 2.24) is 10.6 Å². The average molecular weight is 291 g/mol. The van der Waals surface area contributed by atoms with Crippen molar-refractivity contribution in [2.45, 2.75) is 13.3 Å². The third-order valence-corrected chi connectivity index (χ3v) is 3.57. The molecule has 0 spiro atoms. The number of carboxylic acid groups (broad SMARTS) is 1. The summed E-state index contributed by atoms with van der Waals surface area (Å²) in [6.07, 6.45) is 0.708. The molecule has 2 amide bonds. The predicted octanol–water partition coefficient (Wildman–Crippen LogP) is 1.96. The number of halogens is 1. The van der Waals surface area contributed by atoms with E-state index < -0.39 is 11.9 Å². The molecule has 0 aromatic carbocycles.